The van der Waals surface area contributed by atoms with E-state index in [9.17, 15) is 18.0 Å². The van der Waals surface area contributed by atoms with Crippen LogP contribution in [-0.4, -0.2) is 23.7 Å². The molecule has 2 rings (SSSR count). The van der Waals surface area contributed by atoms with Gasteiger partial charge in [0.2, 0.25) is 0 Å². The molecule has 0 aliphatic rings. The Bertz CT molecular complexity index is 710. The molecule has 0 unspecified atom stereocenters. The molecule has 1 aromatic carbocycles. The fourth-order valence-corrected chi connectivity index (χ4v) is 1.83. The Morgan fingerprint density at radius 1 is 1.12 bits per heavy atom. The van der Waals surface area contributed by atoms with Crippen LogP contribution in [0.25, 0.3) is 5.57 Å². The van der Waals surface area contributed by atoms with E-state index < -0.39 is 23.4 Å². The van der Waals surface area contributed by atoms with Crippen molar-refractivity contribution in [1.29, 1.82) is 0 Å². The van der Waals surface area contributed by atoms with E-state index in [-0.39, 0.29) is 12.4 Å². The molecule has 0 spiro atoms. The fraction of sp³-hybridized carbons (Fsp3) is 0.176. The van der Waals surface area contributed by atoms with E-state index in [4.69, 9.17) is 4.74 Å². The van der Waals surface area contributed by atoms with Gasteiger partial charge in [0.1, 0.15) is 11.5 Å². The van der Waals surface area contributed by atoms with Crippen LogP contribution in [0.4, 0.5) is 13.2 Å². The summed E-state index contributed by atoms with van der Waals surface area (Å²) in [5, 5.41) is 0. The number of hydrogen-bond acceptors (Lipinski definition) is 4. The highest BCUT2D eigenvalue weighted by Crippen LogP contribution is 2.33. The summed E-state index contributed by atoms with van der Waals surface area (Å²) >= 11 is 0. The summed E-state index contributed by atoms with van der Waals surface area (Å²) in [4.78, 5) is 15.1. The Hall–Kier alpha value is -2.83. The van der Waals surface area contributed by atoms with Gasteiger partial charge in [-0.1, -0.05) is 18.2 Å². The van der Waals surface area contributed by atoms with Gasteiger partial charge in [0, 0.05) is 6.08 Å². The highest BCUT2D eigenvalue weighted by atomic mass is 19.4. The number of halogens is 3. The first kappa shape index (κ1) is 17.5. The van der Waals surface area contributed by atoms with Gasteiger partial charge in [-0.2, -0.15) is 13.2 Å². The van der Waals surface area contributed by atoms with E-state index in [2.05, 4.69) is 9.72 Å². The van der Waals surface area contributed by atoms with Gasteiger partial charge in [-0.15, -0.1) is 0 Å². The monoisotopic (exact) mass is 337 g/mol. The predicted molar refractivity (Wildman–Crippen MR) is 81.4 cm³/mol. The molecule has 0 saturated carbocycles. The van der Waals surface area contributed by atoms with Crippen molar-refractivity contribution in [2.24, 2.45) is 0 Å². The average molecular weight is 337 g/mol. The van der Waals surface area contributed by atoms with Crippen molar-refractivity contribution in [3.8, 4) is 11.5 Å². The lowest BCUT2D eigenvalue weighted by Gasteiger charge is -2.12. The summed E-state index contributed by atoms with van der Waals surface area (Å²) in [6, 6.07) is 11.2. The van der Waals surface area contributed by atoms with Crippen molar-refractivity contribution in [3.05, 3.63) is 60.4 Å². The van der Waals surface area contributed by atoms with Crippen molar-refractivity contribution in [2.75, 3.05) is 6.61 Å². The van der Waals surface area contributed by atoms with Gasteiger partial charge < -0.3 is 9.47 Å². The summed E-state index contributed by atoms with van der Waals surface area (Å²) in [6.45, 7) is 1.49. The van der Waals surface area contributed by atoms with Gasteiger partial charge in [0.05, 0.1) is 24.1 Å². The molecule has 0 fully saturated rings. The number of rotatable bonds is 5. The van der Waals surface area contributed by atoms with Crippen LogP contribution in [0, 0.1) is 0 Å². The topological polar surface area (TPSA) is 48.4 Å². The number of benzene rings is 1. The number of nitrogens with zero attached hydrogens (tertiary/aromatic N) is 1. The quantitative estimate of drug-likeness (QED) is 0.600. The molecule has 24 heavy (non-hydrogen) atoms. The lowest BCUT2D eigenvalue weighted by molar-refractivity contribution is -0.137. The fourth-order valence-electron chi connectivity index (χ4n) is 1.83. The summed E-state index contributed by atoms with van der Waals surface area (Å²) in [6.07, 6.45) is -3.18. The van der Waals surface area contributed by atoms with Crippen LogP contribution < -0.4 is 4.74 Å². The van der Waals surface area contributed by atoms with Crippen molar-refractivity contribution in [3.63, 3.8) is 0 Å². The second-order valence-corrected chi connectivity index (χ2v) is 4.60. The minimum atomic E-state index is -4.73. The molecule has 1 aromatic heterocycles. The molecule has 0 amide bonds. The minimum absolute atomic E-state index is 0.0161. The number of hydrogen-bond donors (Lipinski definition) is 0. The number of carbonyl (C=O) groups excluding carboxylic acids is 1. The number of allylic oxidation sites excluding steroid dienone is 1. The summed E-state index contributed by atoms with van der Waals surface area (Å²) < 4.78 is 49.3. The Labute approximate surface area is 136 Å². The van der Waals surface area contributed by atoms with Gasteiger partial charge in [-0.25, -0.2) is 4.79 Å². The summed E-state index contributed by atoms with van der Waals surface area (Å²) in [5.74, 6) is -0.260. The number of ether oxygens (including phenoxy) is 2. The van der Waals surface area contributed by atoms with E-state index in [0.717, 1.165) is 12.3 Å². The molecule has 4 nitrogen and oxygen atoms in total. The zero-order valence-corrected chi connectivity index (χ0v) is 12.7. The smallest absolute Gasteiger partial charge is 0.418 e. The predicted octanol–water partition coefficient (Wildman–Crippen LogP) is 4.38. The van der Waals surface area contributed by atoms with Gasteiger partial charge in [0.15, 0.2) is 0 Å². The zero-order chi connectivity index (χ0) is 17.6. The third kappa shape index (κ3) is 4.84. The standard InChI is InChI=1S/C17H14F3NO3/c1-2-23-16(22)10-14(17(18,19)20)15-9-8-13(11-21-15)24-12-6-4-3-5-7-12/h3-11H,2H2,1H3. The van der Waals surface area contributed by atoms with Crippen LogP contribution in [0.15, 0.2) is 54.7 Å². The lowest BCUT2D eigenvalue weighted by Crippen LogP contribution is -2.14. The SMILES string of the molecule is CCOC(=O)C=C(c1ccc(Oc2ccccc2)cn1)C(F)(F)F. The molecule has 2 aromatic rings. The first-order valence-corrected chi connectivity index (χ1v) is 7.05. The Balaban J connectivity index is 2.24. The molecule has 1 heterocycles. The van der Waals surface area contributed by atoms with Crippen molar-refractivity contribution < 1.29 is 27.4 Å². The molecule has 0 atom stereocenters. The maximum absolute atomic E-state index is 13.1. The first-order chi connectivity index (χ1) is 11.4. The molecular weight excluding hydrogens is 323 g/mol. The highest BCUT2D eigenvalue weighted by Gasteiger charge is 2.36. The molecule has 0 radical (unpaired) electrons. The summed E-state index contributed by atoms with van der Waals surface area (Å²) in [5.41, 5.74) is -1.57. The molecule has 0 N–H and O–H groups in total. The Morgan fingerprint density at radius 2 is 1.83 bits per heavy atom. The third-order valence-corrected chi connectivity index (χ3v) is 2.85. The largest absolute Gasteiger partial charge is 0.463 e. The average Bonchev–Trinajstić information content (AvgIpc) is 2.54. The van der Waals surface area contributed by atoms with Crippen molar-refractivity contribution >= 4 is 11.5 Å². The molecule has 0 aliphatic carbocycles. The zero-order valence-electron chi connectivity index (χ0n) is 12.7. The van der Waals surface area contributed by atoms with Crippen molar-refractivity contribution in [1.82, 2.24) is 4.98 Å². The number of aromatic nitrogens is 1. The van der Waals surface area contributed by atoms with Crippen LogP contribution in [0.5, 0.6) is 11.5 Å². The molecule has 0 aliphatic heterocycles. The summed E-state index contributed by atoms with van der Waals surface area (Å²) in [7, 11) is 0. The third-order valence-electron chi connectivity index (χ3n) is 2.85. The number of alkyl halides is 3. The van der Waals surface area contributed by atoms with Gasteiger partial charge in [-0.05, 0) is 31.2 Å². The van der Waals surface area contributed by atoms with Gasteiger partial charge in [0.25, 0.3) is 0 Å². The maximum atomic E-state index is 13.1. The molecule has 0 saturated heterocycles. The Kier molecular flexibility index (Phi) is 5.57. The van der Waals surface area contributed by atoms with Gasteiger partial charge in [-0.3, -0.25) is 4.98 Å². The highest BCUT2D eigenvalue weighted by molar-refractivity contribution is 5.92. The van der Waals surface area contributed by atoms with Crippen LogP contribution in [0.3, 0.4) is 0 Å². The van der Waals surface area contributed by atoms with E-state index in [1.165, 1.54) is 13.0 Å². The first-order valence-electron chi connectivity index (χ1n) is 7.05. The molecular formula is C17H14F3NO3. The number of carbonyl (C=O) groups is 1. The maximum Gasteiger partial charge on any atom is 0.418 e. The second-order valence-electron chi connectivity index (χ2n) is 4.60. The number of para-hydroxylation sites is 1. The van der Waals surface area contributed by atoms with E-state index >= 15 is 0 Å². The number of esters is 1. The van der Waals surface area contributed by atoms with E-state index in [1.54, 1.807) is 24.3 Å². The molecule has 0 bridgehead atoms. The van der Waals surface area contributed by atoms with Crippen LogP contribution in [0.2, 0.25) is 0 Å². The van der Waals surface area contributed by atoms with Crippen LogP contribution >= 0.6 is 0 Å². The molecule has 126 valence electrons. The van der Waals surface area contributed by atoms with Crippen molar-refractivity contribution in [2.45, 2.75) is 13.1 Å². The van der Waals surface area contributed by atoms with E-state index in [0.29, 0.717) is 11.8 Å². The Morgan fingerprint density at radius 3 is 2.38 bits per heavy atom. The normalized spacial score (nSPS) is 11.9. The minimum Gasteiger partial charge on any atom is -0.463 e. The van der Waals surface area contributed by atoms with Crippen LogP contribution in [0.1, 0.15) is 12.6 Å². The van der Waals surface area contributed by atoms with Crippen LogP contribution in [-0.2, 0) is 9.53 Å². The molecule has 7 heteroatoms. The van der Waals surface area contributed by atoms with Gasteiger partial charge >= 0.3 is 12.1 Å². The lowest BCUT2D eigenvalue weighted by atomic mass is 10.1. The number of pyridine rings is 1. The van der Waals surface area contributed by atoms with E-state index in [1.807, 2.05) is 6.07 Å². The second kappa shape index (κ2) is 7.63.